The minimum Gasteiger partial charge on any atom is -0.481 e. The molecule has 0 fully saturated rings. The standard InChI is InChI=1S/C20H23N3O4/c1-3-14-11-20(14,2)16-10-17(21)23(22-16)15-6-4-5-13(9-15)12-27-19(26)8-7-18(24)25/h4-6,9-11H,3,7-8,12,21H2,1-2H3,(H,24,25)/t20-/m0/s1. The third kappa shape index (κ3) is 4.02. The number of carboxylic acid groups (broad SMARTS) is 1. The minimum absolute atomic E-state index is 0.0690. The number of hydrogen-bond donors (Lipinski definition) is 2. The maximum Gasteiger partial charge on any atom is 0.306 e. The van der Waals surface area contributed by atoms with E-state index >= 15 is 0 Å². The summed E-state index contributed by atoms with van der Waals surface area (Å²) in [6, 6.07) is 9.28. The fraction of sp³-hybridized carbons (Fsp3) is 0.350. The molecule has 0 unspecified atom stereocenters. The van der Waals surface area contributed by atoms with Gasteiger partial charge in [0, 0.05) is 6.07 Å². The Bertz CT molecular complexity index is 916. The molecule has 0 amide bonds. The van der Waals surface area contributed by atoms with Gasteiger partial charge >= 0.3 is 11.9 Å². The molecule has 1 heterocycles. The topological polar surface area (TPSA) is 107 Å². The largest absolute Gasteiger partial charge is 0.481 e. The lowest BCUT2D eigenvalue weighted by atomic mass is 9.98. The number of carboxylic acids is 1. The van der Waals surface area contributed by atoms with E-state index in [9.17, 15) is 9.59 Å². The number of nitrogens with two attached hydrogens (primary N) is 1. The van der Waals surface area contributed by atoms with Crippen LogP contribution in [0, 0.1) is 0 Å². The summed E-state index contributed by atoms with van der Waals surface area (Å²) in [7, 11) is 0. The van der Waals surface area contributed by atoms with E-state index in [1.807, 2.05) is 30.3 Å². The molecule has 0 radical (unpaired) electrons. The predicted molar refractivity (Wildman–Crippen MR) is 100 cm³/mol. The molecular weight excluding hydrogens is 346 g/mol. The summed E-state index contributed by atoms with van der Waals surface area (Å²) in [5, 5.41) is 13.3. The van der Waals surface area contributed by atoms with E-state index in [2.05, 4.69) is 25.0 Å². The van der Waals surface area contributed by atoms with Gasteiger partial charge in [-0.05, 0) is 31.0 Å². The first-order valence-corrected chi connectivity index (χ1v) is 8.88. The lowest BCUT2D eigenvalue weighted by Gasteiger charge is -2.09. The molecule has 2 aromatic rings. The van der Waals surface area contributed by atoms with Crippen LogP contribution in [0.2, 0.25) is 0 Å². The lowest BCUT2D eigenvalue weighted by molar-refractivity contribution is -0.148. The molecular formula is C20H23N3O4. The molecule has 0 aliphatic heterocycles. The second kappa shape index (κ2) is 7.26. The molecule has 1 aliphatic rings. The number of anilines is 1. The average Bonchev–Trinajstić information content (AvgIpc) is 3.16. The average molecular weight is 369 g/mol. The molecule has 0 saturated heterocycles. The summed E-state index contributed by atoms with van der Waals surface area (Å²) >= 11 is 0. The maximum atomic E-state index is 11.6. The van der Waals surface area contributed by atoms with E-state index in [4.69, 9.17) is 15.6 Å². The number of allylic oxidation sites excluding steroid dienone is 2. The van der Waals surface area contributed by atoms with Crippen molar-refractivity contribution in [3.8, 4) is 5.69 Å². The van der Waals surface area contributed by atoms with Gasteiger partial charge in [-0.1, -0.05) is 30.7 Å². The molecule has 3 rings (SSSR count). The highest BCUT2D eigenvalue weighted by Crippen LogP contribution is 2.47. The van der Waals surface area contributed by atoms with Crippen molar-refractivity contribution >= 4 is 17.8 Å². The van der Waals surface area contributed by atoms with E-state index in [0.29, 0.717) is 5.82 Å². The van der Waals surface area contributed by atoms with Crippen LogP contribution in [0.1, 0.15) is 44.4 Å². The zero-order valence-electron chi connectivity index (χ0n) is 15.4. The number of esters is 1. The highest BCUT2D eigenvalue weighted by atomic mass is 16.5. The zero-order chi connectivity index (χ0) is 19.6. The van der Waals surface area contributed by atoms with Crippen LogP contribution in [0.4, 0.5) is 5.82 Å². The SMILES string of the molecule is CCC1=C[C@]1(C)c1cc(N)n(-c2cccc(COC(=O)CCC(=O)O)c2)n1. The van der Waals surface area contributed by atoms with E-state index in [0.717, 1.165) is 23.4 Å². The van der Waals surface area contributed by atoms with Gasteiger partial charge in [0.15, 0.2) is 0 Å². The van der Waals surface area contributed by atoms with Gasteiger partial charge in [-0.25, -0.2) is 4.68 Å². The van der Waals surface area contributed by atoms with Crippen LogP contribution in [-0.4, -0.2) is 26.8 Å². The van der Waals surface area contributed by atoms with Crippen molar-refractivity contribution in [2.75, 3.05) is 5.73 Å². The lowest BCUT2D eigenvalue weighted by Crippen LogP contribution is -2.09. The molecule has 0 spiro atoms. The van der Waals surface area contributed by atoms with Gasteiger partial charge < -0.3 is 15.6 Å². The van der Waals surface area contributed by atoms with Crippen molar-refractivity contribution in [2.45, 2.75) is 45.1 Å². The van der Waals surface area contributed by atoms with Gasteiger partial charge in [0.05, 0.1) is 29.6 Å². The Hall–Kier alpha value is -3.09. The van der Waals surface area contributed by atoms with Gasteiger partial charge in [-0.15, -0.1) is 0 Å². The fourth-order valence-corrected chi connectivity index (χ4v) is 3.10. The minimum atomic E-state index is -1.02. The third-order valence-electron chi connectivity index (χ3n) is 4.79. The normalized spacial score (nSPS) is 18.1. The number of aliphatic carboxylic acids is 1. The quantitative estimate of drug-likeness (QED) is 0.547. The summed E-state index contributed by atoms with van der Waals surface area (Å²) in [5.74, 6) is -1.02. The smallest absolute Gasteiger partial charge is 0.306 e. The van der Waals surface area contributed by atoms with Gasteiger partial charge in [0.2, 0.25) is 0 Å². The Balaban J connectivity index is 1.70. The van der Waals surface area contributed by atoms with Gasteiger partial charge in [0.1, 0.15) is 12.4 Å². The van der Waals surface area contributed by atoms with Crippen molar-refractivity contribution in [3.05, 3.63) is 53.2 Å². The summed E-state index contributed by atoms with van der Waals surface area (Å²) in [6.45, 7) is 4.32. The van der Waals surface area contributed by atoms with E-state index in [1.165, 1.54) is 5.57 Å². The Morgan fingerprint density at radius 1 is 1.30 bits per heavy atom. The van der Waals surface area contributed by atoms with Crippen LogP contribution in [0.5, 0.6) is 0 Å². The molecule has 1 aromatic heterocycles. The van der Waals surface area contributed by atoms with Gasteiger partial charge in [0.25, 0.3) is 0 Å². The monoisotopic (exact) mass is 369 g/mol. The van der Waals surface area contributed by atoms with Crippen LogP contribution < -0.4 is 5.73 Å². The first-order chi connectivity index (χ1) is 12.8. The van der Waals surface area contributed by atoms with Crippen LogP contribution in [0.3, 0.4) is 0 Å². The Morgan fingerprint density at radius 2 is 2.07 bits per heavy atom. The second-order valence-corrected chi connectivity index (χ2v) is 6.82. The highest BCUT2D eigenvalue weighted by molar-refractivity contribution is 5.76. The highest BCUT2D eigenvalue weighted by Gasteiger charge is 2.41. The van der Waals surface area contributed by atoms with Crippen LogP contribution >= 0.6 is 0 Å². The van der Waals surface area contributed by atoms with E-state index in [1.54, 1.807) is 4.68 Å². The van der Waals surface area contributed by atoms with Crippen molar-refractivity contribution in [1.82, 2.24) is 9.78 Å². The Kier molecular flexibility index (Phi) is 5.03. The number of benzene rings is 1. The van der Waals surface area contributed by atoms with Crippen LogP contribution in [0.15, 0.2) is 42.0 Å². The molecule has 1 aromatic carbocycles. The molecule has 142 valence electrons. The number of carbonyl (C=O) groups is 2. The van der Waals surface area contributed by atoms with E-state index < -0.39 is 11.9 Å². The zero-order valence-corrected chi connectivity index (χ0v) is 15.4. The van der Waals surface area contributed by atoms with Crippen LogP contribution in [-0.2, 0) is 26.3 Å². The Morgan fingerprint density at radius 3 is 2.74 bits per heavy atom. The Labute approximate surface area is 157 Å². The number of nitrogens with zero attached hydrogens (tertiary/aromatic N) is 2. The van der Waals surface area contributed by atoms with Gasteiger partial charge in [-0.3, -0.25) is 9.59 Å². The fourth-order valence-electron chi connectivity index (χ4n) is 3.10. The third-order valence-corrected chi connectivity index (χ3v) is 4.79. The molecule has 7 heteroatoms. The number of aromatic nitrogens is 2. The van der Waals surface area contributed by atoms with Gasteiger partial charge in [-0.2, -0.15) is 5.10 Å². The maximum absolute atomic E-state index is 11.6. The molecule has 0 saturated carbocycles. The molecule has 1 aliphatic carbocycles. The van der Waals surface area contributed by atoms with Crippen molar-refractivity contribution in [2.24, 2.45) is 0 Å². The second-order valence-electron chi connectivity index (χ2n) is 6.82. The molecule has 1 atom stereocenters. The summed E-state index contributed by atoms with van der Waals surface area (Å²) in [4.78, 5) is 22.1. The summed E-state index contributed by atoms with van der Waals surface area (Å²) in [6.07, 6.45) is 2.81. The summed E-state index contributed by atoms with van der Waals surface area (Å²) in [5.41, 5.74) is 9.88. The predicted octanol–water partition coefficient (Wildman–Crippen LogP) is 2.97. The number of rotatable bonds is 8. The van der Waals surface area contributed by atoms with Crippen molar-refractivity contribution in [1.29, 1.82) is 0 Å². The molecule has 7 nitrogen and oxygen atoms in total. The first kappa shape index (κ1) is 18.7. The first-order valence-electron chi connectivity index (χ1n) is 8.88. The number of nitrogen functional groups attached to an aromatic ring is 1. The van der Waals surface area contributed by atoms with E-state index in [-0.39, 0.29) is 24.9 Å². The van der Waals surface area contributed by atoms with Crippen LogP contribution in [0.25, 0.3) is 5.69 Å². The number of carbonyl (C=O) groups excluding carboxylic acids is 1. The number of hydrogen-bond acceptors (Lipinski definition) is 5. The molecule has 3 N–H and O–H groups in total. The van der Waals surface area contributed by atoms with Crippen molar-refractivity contribution < 1.29 is 19.4 Å². The molecule has 0 bridgehead atoms. The number of ether oxygens (including phenoxy) is 1. The van der Waals surface area contributed by atoms with Crippen molar-refractivity contribution in [3.63, 3.8) is 0 Å². The molecule has 27 heavy (non-hydrogen) atoms. The summed E-state index contributed by atoms with van der Waals surface area (Å²) < 4.78 is 6.80.